The summed E-state index contributed by atoms with van der Waals surface area (Å²) in [6.45, 7) is 11.3. The highest BCUT2D eigenvalue weighted by molar-refractivity contribution is 7.85. The van der Waals surface area contributed by atoms with Crippen molar-refractivity contribution in [2.45, 2.75) is 104 Å². The molecular formula is C24H42O3S. The van der Waals surface area contributed by atoms with Crippen molar-refractivity contribution in [3.05, 3.63) is 29.3 Å². The van der Waals surface area contributed by atoms with E-state index in [9.17, 15) is 13.0 Å². The zero-order valence-corrected chi connectivity index (χ0v) is 19.5. The topological polar surface area (TPSA) is 54.4 Å². The van der Waals surface area contributed by atoms with Gasteiger partial charge in [-0.2, -0.15) is 8.42 Å². The highest BCUT2D eigenvalue weighted by Crippen LogP contribution is 2.23. The van der Waals surface area contributed by atoms with Crippen LogP contribution in [0.1, 0.15) is 96.6 Å². The van der Waals surface area contributed by atoms with Gasteiger partial charge in [0, 0.05) is 0 Å². The lowest BCUT2D eigenvalue weighted by Gasteiger charge is -2.15. The van der Waals surface area contributed by atoms with Gasteiger partial charge in [-0.25, -0.2) is 0 Å². The first-order chi connectivity index (χ1) is 13.1. The van der Waals surface area contributed by atoms with Crippen LogP contribution in [0.3, 0.4) is 0 Å². The Morgan fingerprint density at radius 1 is 0.821 bits per heavy atom. The molecule has 162 valence electrons. The van der Waals surface area contributed by atoms with Gasteiger partial charge in [0.15, 0.2) is 0 Å². The van der Waals surface area contributed by atoms with Crippen LogP contribution in [0.2, 0.25) is 0 Å². The third-order valence-corrected chi connectivity index (χ3v) is 6.71. The average molecular weight is 411 g/mol. The van der Waals surface area contributed by atoms with E-state index in [0.29, 0.717) is 6.42 Å². The van der Waals surface area contributed by atoms with Gasteiger partial charge in [-0.3, -0.25) is 4.55 Å². The molecular weight excluding hydrogens is 368 g/mol. The summed E-state index contributed by atoms with van der Waals surface area (Å²) >= 11 is 0. The first kappa shape index (κ1) is 25.2. The Morgan fingerprint density at radius 3 is 1.89 bits per heavy atom. The van der Waals surface area contributed by atoms with Gasteiger partial charge >= 0.3 is 0 Å². The molecule has 3 nitrogen and oxygen atoms in total. The predicted molar refractivity (Wildman–Crippen MR) is 119 cm³/mol. The lowest BCUT2D eigenvalue weighted by molar-refractivity contribution is 0.387. The molecule has 2 atom stereocenters. The molecule has 0 radical (unpaired) electrons. The monoisotopic (exact) mass is 410 g/mol. The first-order valence-corrected chi connectivity index (χ1v) is 12.6. The number of aryl methyl sites for hydroxylation is 2. The number of benzene rings is 1. The molecule has 0 fully saturated rings. The number of unbranched alkanes of at least 4 members (excludes halogenated alkanes) is 1. The Morgan fingerprint density at radius 2 is 1.36 bits per heavy atom. The molecule has 0 aromatic heterocycles. The van der Waals surface area contributed by atoms with Crippen molar-refractivity contribution in [2.24, 2.45) is 17.8 Å². The fraction of sp³-hybridized carbons (Fsp3) is 0.750. The second-order valence-electron chi connectivity index (χ2n) is 9.30. The van der Waals surface area contributed by atoms with Crippen molar-refractivity contribution in [2.75, 3.05) is 0 Å². The highest BCUT2D eigenvalue weighted by Gasteiger charge is 2.15. The maximum atomic E-state index is 11.5. The minimum atomic E-state index is -4.14. The minimum absolute atomic E-state index is 0.0672. The number of hydrogen-bond acceptors (Lipinski definition) is 2. The molecule has 0 aliphatic carbocycles. The van der Waals surface area contributed by atoms with Crippen LogP contribution in [0.5, 0.6) is 0 Å². The highest BCUT2D eigenvalue weighted by atomic mass is 32.2. The van der Waals surface area contributed by atoms with E-state index in [1.165, 1.54) is 51.0 Å². The molecule has 0 heterocycles. The summed E-state index contributed by atoms with van der Waals surface area (Å²) in [5.74, 6) is 2.38. The van der Waals surface area contributed by atoms with E-state index < -0.39 is 10.1 Å². The average Bonchev–Trinajstić information content (AvgIpc) is 2.57. The van der Waals surface area contributed by atoms with Gasteiger partial charge in [-0.1, -0.05) is 96.8 Å². The summed E-state index contributed by atoms with van der Waals surface area (Å²) in [6, 6.07) is 5.14. The molecule has 1 aromatic carbocycles. The molecule has 2 unspecified atom stereocenters. The van der Waals surface area contributed by atoms with Crippen molar-refractivity contribution >= 4 is 10.1 Å². The van der Waals surface area contributed by atoms with Crippen molar-refractivity contribution < 1.29 is 13.0 Å². The van der Waals surface area contributed by atoms with Crippen LogP contribution >= 0.6 is 0 Å². The van der Waals surface area contributed by atoms with Crippen LogP contribution in [-0.4, -0.2) is 13.0 Å². The van der Waals surface area contributed by atoms with Crippen LogP contribution in [0.15, 0.2) is 23.1 Å². The molecule has 0 aliphatic heterocycles. The lowest BCUT2D eigenvalue weighted by atomic mass is 9.91. The van der Waals surface area contributed by atoms with Gasteiger partial charge in [0.05, 0.1) is 4.90 Å². The SMILES string of the molecule is Cc1ccc(S(=O)(=O)O)c(CCCCC(C)CCCC(C)CCCC(C)C)c1. The molecule has 0 saturated carbocycles. The maximum absolute atomic E-state index is 11.5. The van der Waals surface area contributed by atoms with E-state index in [2.05, 4.69) is 27.7 Å². The van der Waals surface area contributed by atoms with Crippen molar-refractivity contribution in [3.63, 3.8) is 0 Å². The summed E-state index contributed by atoms with van der Waals surface area (Å²) < 4.78 is 32.5. The van der Waals surface area contributed by atoms with Gasteiger partial charge in [-0.05, 0) is 49.1 Å². The third kappa shape index (κ3) is 10.6. The minimum Gasteiger partial charge on any atom is -0.282 e. The Balaban J connectivity index is 2.25. The molecule has 1 rings (SSSR count). The van der Waals surface area contributed by atoms with Crippen LogP contribution in [0.25, 0.3) is 0 Å². The van der Waals surface area contributed by atoms with E-state index in [4.69, 9.17) is 0 Å². The van der Waals surface area contributed by atoms with Gasteiger partial charge in [0.2, 0.25) is 0 Å². The number of hydrogen-bond donors (Lipinski definition) is 1. The van der Waals surface area contributed by atoms with Crippen LogP contribution < -0.4 is 0 Å². The maximum Gasteiger partial charge on any atom is 0.294 e. The third-order valence-electron chi connectivity index (χ3n) is 5.76. The second-order valence-corrected chi connectivity index (χ2v) is 10.7. The largest absolute Gasteiger partial charge is 0.294 e. The Kier molecular flexibility index (Phi) is 11.4. The van der Waals surface area contributed by atoms with Crippen molar-refractivity contribution in [1.29, 1.82) is 0 Å². The molecule has 0 saturated heterocycles. The van der Waals surface area contributed by atoms with Crippen molar-refractivity contribution in [3.8, 4) is 0 Å². The smallest absolute Gasteiger partial charge is 0.282 e. The zero-order chi connectivity index (χ0) is 21.2. The molecule has 1 aromatic rings. The van der Waals surface area contributed by atoms with E-state index in [0.717, 1.165) is 41.7 Å². The molecule has 4 heteroatoms. The Labute approximate surface area is 174 Å². The van der Waals surface area contributed by atoms with Crippen LogP contribution in [-0.2, 0) is 16.5 Å². The molecule has 1 N–H and O–H groups in total. The zero-order valence-electron chi connectivity index (χ0n) is 18.7. The summed E-state index contributed by atoms with van der Waals surface area (Å²) in [7, 11) is -4.14. The van der Waals surface area contributed by atoms with Gasteiger partial charge in [0.25, 0.3) is 10.1 Å². The van der Waals surface area contributed by atoms with Gasteiger partial charge < -0.3 is 0 Å². The quantitative estimate of drug-likeness (QED) is 0.260. The van der Waals surface area contributed by atoms with E-state index in [-0.39, 0.29) is 4.90 Å². The fourth-order valence-corrected chi connectivity index (χ4v) is 4.67. The summed E-state index contributed by atoms with van der Waals surface area (Å²) in [4.78, 5) is 0.0672. The molecule has 0 bridgehead atoms. The summed E-state index contributed by atoms with van der Waals surface area (Å²) in [5, 5.41) is 0. The molecule has 0 amide bonds. The fourth-order valence-electron chi connectivity index (χ4n) is 3.94. The summed E-state index contributed by atoms with van der Waals surface area (Å²) in [5.41, 5.74) is 1.77. The summed E-state index contributed by atoms with van der Waals surface area (Å²) in [6.07, 6.45) is 12.0. The van der Waals surface area contributed by atoms with Crippen LogP contribution in [0.4, 0.5) is 0 Å². The van der Waals surface area contributed by atoms with Crippen LogP contribution in [0, 0.1) is 24.7 Å². The van der Waals surface area contributed by atoms with Crippen molar-refractivity contribution in [1.82, 2.24) is 0 Å². The second kappa shape index (κ2) is 12.6. The van der Waals surface area contributed by atoms with E-state index in [1.54, 1.807) is 6.07 Å². The standard InChI is InChI=1S/C24H42O3S/c1-19(2)10-8-12-21(4)14-9-13-20(3)11-6-7-15-23-18-22(5)16-17-24(23)28(25,26)27/h16-21H,6-15H2,1-5H3,(H,25,26,27). The Bertz CT molecular complexity index is 664. The lowest BCUT2D eigenvalue weighted by Crippen LogP contribution is -2.04. The molecule has 0 spiro atoms. The molecule has 0 aliphatic rings. The van der Waals surface area contributed by atoms with E-state index in [1.807, 2.05) is 13.0 Å². The van der Waals surface area contributed by atoms with Gasteiger partial charge in [0.1, 0.15) is 0 Å². The van der Waals surface area contributed by atoms with Gasteiger partial charge in [-0.15, -0.1) is 0 Å². The number of rotatable bonds is 14. The first-order valence-electron chi connectivity index (χ1n) is 11.2. The molecule has 28 heavy (non-hydrogen) atoms. The Hall–Kier alpha value is -0.870. The normalized spacial score (nSPS) is 14.4. The predicted octanol–water partition coefficient (Wildman–Crippen LogP) is 7.22. The van der Waals surface area contributed by atoms with E-state index >= 15 is 0 Å².